The molecule has 0 aliphatic rings. The summed E-state index contributed by atoms with van der Waals surface area (Å²) >= 11 is 5.27. The van der Waals surface area contributed by atoms with Gasteiger partial charge in [0.05, 0.1) is 12.8 Å². The van der Waals surface area contributed by atoms with Crippen molar-refractivity contribution in [1.29, 1.82) is 0 Å². The van der Waals surface area contributed by atoms with Crippen molar-refractivity contribution in [3.63, 3.8) is 0 Å². The first-order valence-corrected chi connectivity index (χ1v) is 7.99. The van der Waals surface area contributed by atoms with Gasteiger partial charge in [0, 0.05) is 6.54 Å². The number of hydrogen-bond donors (Lipinski definition) is 3. The molecule has 0 bridgehead atoms. The van der Waals surface area contributed by atoms with E-state index in [0.717, 1.165) is 24.4 Å². The van der Waals surface area contributed by atoms with Crippen LogP contribution in [0.4, 0.5) is 5.69 Å². The van der Waals surface area contributed by atoms with Crippen LogP contribution < -0.4 is 20.9 Å². The quantitative estimate of drug-likeness (QED) is 0.560. The van der Waals surface area contributed by atoms with Gasteiger partial charge in [0.15, 0.2) is 5.11 Å². The van der Waals surface area contributed by atoms with Crippen LogP contribution in [0.2, 0.25) is 0 Å². The van der Waals surface area contributed by atoms with E-state index in [4.69, 9.17) is 17.0 Å². The second kappa shape index (κ2) is 8.39. The Labute approximate surface area is 143 Å². The third-order valence-electron chi connectivity index (χ3n) is 3.55. The highest BCUT2D eigenvalue weighted by molar-refractivity contribution is 7.80. The minimum absolute atomic E-state index is 0.582. The predicted molar refractivity (Wildman–Crippen MR) is 100.0 cm³/mol. The third kappa shape index (κ3) is 5.45. The molecule has 0 saturated carbocycles. The highest BCUT2D eigenvalue weighted by Crippen LogP contribution is 2.14. The summed E-state index contributed by atoms with van der Waals surface area (Å²) in [5.74, 6) is 0.872. The van der Waals surface area contributed by atoms with Gasteiger partial charge in [-0.05, 0) is 61.8 Å². The highest BCUT2D eigenvalue weighted by atomic mass is 32.1. The van der Waals surface area contributed by atoms with Gasteiger partial charge in [0.2, 0.25) is 0 Å². The lowest BCUT2D eigenvalue weighted by Gasteiger charge is -2.14. The van der Waals surface area contributed by atoms with Gasteiger partial charge >= 0.3 is 0 Å². The number of ether oxygens (including phenoxy) is 1. The average molecular weight is 329 g/mol. The number of aryl methyl sites for hydroxylation is 2. The zero-order chi connectivity index (χ0) is 16.7. The molecule has 0 fully saturated rings. The third-order valence-corrected chi connectivity index (χ3v) is 3.80. The number of hydrazine groups is 1. The Morgan fingerprint density at radius 2 is 1.83 bits per heavy atom. The van der Waals surface area contributed by atoms with Gasteiger partial charge in [-0.2, -0.15) is 0 Å². The van der Waals surface area contributed by atoms with Crippen molar-refractivity contribution < 1.29 is 4.74 Å². The zero-order valence-electron chi connectivity index (χ0n) is 13.8. The molecule has 122 valence electrons. The van der Waals surface area contributed by atoms with Crippen LogP contribution in [0.1, 0.15) is 16.7 Å². The Bertz CT molecular complexity index is 656. The lowest BCUT2D eigenvalue weighted by atomic mass is 10.1. The number of methoxy groups -OCH3 is 1. The van der Waals surface area contributed by atoms with Crippen molar-refractivity contribution in [2.24, 2.45) is 0 Å². The Morgan fingerprint density at radius 3 is 2.48 bits per heavy atom. The molecule has 3 N–H and O–H groups in total. The number of benzene rings is 2. The molecule has 2 aromatic carbocycles. The molecule has 0 aliphatic heterocycles. The normalized spacial score (nSPS) is 10.0. The molecular weight excluding hydrogens is 306 g/mol. The average Bonchev–Trinajstić information content (AvgIpc) is 2.54. The Balaban J connectivity index is 1.72. The molecule has 0 atom stereocenters. The maximum Gasteiger partial charge on any atom is 0.185 e. The fourth-order valence-corrected chi connectivity index (χ4v) is 2.39. The first-order chi connectivity index (χ1) is 11.1. The largest absolute Gasteiger partial charge is 0.497 e. The molecule has 0 unspecified atom stereocenters. The summed E-state index contributed by atoms with van der Waals surface area (Å²) in [7, 11) is 1.67. The van der Waals surface area contributed by atoms with Gasteiger partial charge < -0.3 is 10.1 Å². The predicted octanol–water partition coefficient (Wildman–Crippen LogP) is 3.35. The van der Waals surface area contributed by atoms with E-state index < -0.39 is 0 Å². The van der Waals surface area contributed by atoms with Crippen molar-refractivity contribution >= 4 is 23.0 Å². The van der Waals surface area contributed by atoms with Gasteiger partial charge in [-0.3, -0.25) is 10.9 Å². The van der Waals surface area contributed by atoms with Gasteiger partial charge in [-0.15, -0.1) is 0 Å². The van der Waals surface area contributed by atoms with Crippen LogP contribution in [0.5, 0.6) is 5.75 Å². The molecule has 0 saturated heterocycles. The summed E-state index contributed by atoms with van der Waals surface area (Å²) in [5.41, 5.74) is 10.8. The standard InChI is InChI=1S/C18H23N3OS/c1-13-4-9-17(14(2)12-13)20-21-18(23)19-11-10-15-5-7-16(22-3)8-6-15/h4-9,12,20H,10-11H2,1-3H3,(H2,19,21,23). The lowest BCUT2D eigenvalue weighted by molar-refractivity contribution is 0.414. The Kier molecular flexibility index (Phi) is 6.23. The van der Waals surface area contributed by atoms with Gasteiger partial charge in [0.1, 0.15) is 5.75 Å². The lowest BCUT2D eigenvalue weighted by Crippen LogP contribution is -2.39. The Morgan fingerprint density at radius 1 is 1.09 bits per heavy atom. The Hall–Kier alpha value is -2.27. The SMILES string of the molecule is COc1ccc(CCNC(=S)NNc2ccc(C)cc2C)cc1. The highest BCUT2D eigenvalue weighted by Gasteiger charge is 2.00. The van der Waals surface area contributed by atoms with E-state index in [1.54, 1.807) is 7.11 Å². The number of nitrogens with one attached hydrogen (secondary N) is 3. The number of anilines is 1. The van der Waals surface area contributed by atoms with Crippen LogP contribution in [0, 0.1) is 13.8 Å². The van der Waals surface area contributed by atoms with Crippen LogP contribution in [-0.4, -0.2) is 18.8 Å². The van der Waals surface area contributed by atoms with Crippen LogP contribution >= 0.6 is 12.2 Å². The molecule has 5 heteroatoms. The minimum atomic E-state index is 0.582. The van der Waals surface area contributed by atoms with Crippen LogP contribution in [-0.2, 0) is 6.42 Å². The molecule has 0 radical (unpaired) electrons. The van der Waals surface area contributed by atoms with E-state index >= 15 is 0 Å². The van der Waals surface area contributed by atoms with Crippen molar-refractivity contribution in [2.45, 2.75) is 20.3 Å². The topological polar surface area (TPSA) is 45.3 Å². The monoisotopic (exact) mass is 329 g/mol. The van der Waals surface area contributed by atoms with Gasteiger partial charge in [0.25, 0.3) is 0 Å². The van der Waals surface area contributed by atoms with Crippen molar-refractivity contribution in [3.8, 4) is 5.75 Å². The summed E-state index contributed by atoms with van der Waals surface area (Å²) in [4.78, 5) is 0. The molecule has 0 amide bonds. The maximum absolute atomic E-state index is 5.27. The van der Waals surface area contributed by atoms with E-state index in [1.807, 2.05) is 18.2 Å². The number of thiocarbonyl (C=S) groups is 1. The van der Waals surface area contributed by atoms with Crippen LogP contribution in [0.3, 0.4) is 0 Å². The van der Waals surface area contributed by atoms with Gasteiger partial charge in [-0.1, -0.05) is 29.8 Å². The number of rotatable bonds is 6. The molecule has 4 nitrogen and oxygen atoms in total. The van der Waals surface area contributed by atoms with E-state index in [1.165, 1.54) is 16.7 Å². The van der Waals surface area contributed by atoms with Crippen LogP contribution in [0.25, 0.3) is 0 Å². The molecule has 0 aliphatic carbocycles. The fourth-order valence-electron chi connectivity index (χ4n) is 2.23. The zero-order valence-corrected chi connectivity index (χ0v) is 14.6. The molecule has 0 spiro atoms. The second-order valence-corrected chi connectivity index (χ2v) is 5.83. The van der Waals surface area contributed by atoms with Crippen LogP contribution in [0.15, 0.2) is 42.5 Å². The molecule has 23 heavy (non-hydrogen) atoms. The van der Waals surface area contributed by atoms with Crippen molar-refractivity contribution in [1.82, 2.24) is 10.7 Å². The summed E-state index contributed by atoms with van der Waals surface area (Å²) < 4.78 is 5.15. The summed E-state index contributed by atoms with van der Waals surface area (Å²) in [6.07, 6.45) is 0.898. The van der Waals surface area contributed by atoms with E-state index in [2.05, 4.69) is 54.3 Å². The molecule has 0 aromatic heterocycles. The van der Waals surface area contributed by atoms with E-state index in [-0.39, 0.29) is 0 Å². The number of hydrogen-bond acceptors (Lipinski definition) is 3. The van der Waals surface area contributed by atoms with E-state index in [9.17, 15) is 0 Å². The first-order valence-electron chi connectivity index (χ1n) is 7.58. The molecule has 2 aromatic rings. The van der Waals surface area contributed by atoms with E-state index in [0.29, 0.717) is 5.11 Å². The second-order valence-electron chi connectivity index (χ2n) is 5.42. The minimum Gasteiger partial charge on any atom is -0.497 e. The van der Waals surface area contributed by atoms with Gasteiger partial charge in [-0.25, -0.2) is 0 Å². The fraction of sp³-hybridized carbons (Fsp3) is 0.278. The first kappa shape index (κ1) is 17.1. The van der Waals surface area contributed by atoms with Crippen molar-refractivity contribution in [3.05, 3.63) is 59.2 Å². The summed E-state index contributed by atoms with van der Waals surface area (Å²) in [5, 5.41) is 3.77. The summed E-state index contributed by atoms with van der Waals surface area (Å²) in [6.45, 7) is 4.92. The molecule has 2 rings (SSSR count). The summed E-state index contributed by atoms with van der Waals surface area (Å²) in [6, 6.07) is 14.3. The van der Waals surface area contributed by atoms with Crippen molar-refractivity contribution in [2.75, 3.05) is 19.1 Å². The molecule has 0 heterocycles. The maximum atomic E-state index is 5.27. The smallest absolute Gasteiger partial charge is 0.185 e. The molecular formula is C18H23N3OS.